The van der Waals surface area contributed by atoms with Gasteiger partial charge in [-0.1, -0.05) is 30.3 Å². The van der Waals surface area contributed by atoms with Crippen LogP contribution >= 0.6 is 0 Å². The molecule has 0 radical (unpaired) electrons. The first-order valence-corrected chi connectivity index (χ1v) is 6.10. The van der Waals surface area contributed by atoms with Crippen molar-refractivity contribution in [2.45, 2.75) is 38.1 Å². The van der Waals surface area contributed by atoms with Crippen molar-refractivity contribution in [3.05, 3.63) is 35.9 Å². The first-order valence-electron chi connectivity index (χ1n) is 6.10. The predicted molar refractivity (Wildman–Crippen MR) is 65.0 cm³/mol. The van der Waals surface area contributed by atoms with Crippen molar-refractivity contribution < 1.29 is 0 Å². The molecule has 0 unspecified atom stereocenters. The molecular weight excluding hydrogens is 182 g/mol. The fraction of sp³-hybridized carbons (Fsp3) is 0.571. The van der Waals surface area contributed by atoms with Crippen LogP contribution < -0.4 is 0 Å². The highest BCUT2D eigenvalue weighted by Gasteiger charge is 2.19. The lowest BCUT2D eigenvalue weighted by atomic mass is 10.0. The average molecular weight is 203 g/mol. The molecule has 1 atom stereocenters. The molecule has 1 aliphatic heterocycles. The molecule has 1 heterocycles. The van der Waals surface area contributed by atoms with Crippen LogP contribution in [0.5, 0.6) is 0 Å². The second-order valence-corrected chi connectivity index (χ2v) is 4.65. The molecule has 1 nitrogen and oxygen atoms in total. The van der Waals surface area contributed by atoms with Crippen LogP contribution in [-0.2, 0) is 6.42 Å². The van der Waals surface area contributed by atoms with E-state index in [0.717, 1.165) is 6.04 Å². The maximum Gasteiger partial charge on any atom is 0.00927 e. The van der Waals surface area contributed by atoms with Crippen molar-refractivity contribution in [2.75, 3.05) is 13.6 Å². The Kier molecular flexibility index (Phi) is 3.79. The van der Waals surface area contributed by atoms with Gasteiger partial charge < -0.3 is 4.90 Å². The van der Waals surface area contributed by atoms with Gasteiger partial charge >= 0.3 is 0 Å². The van der Waals surface area contributed by atoms with Crippen LogP contribution in [0.1, 0.15) is 31.2 Å². The molecule has 0 spiro atoms. The number of benzene rings is 1. The first-order chi connectivity index (χ1) is 7.36. The van der Waals surface area contributed by atoms with E-state index >= 15 is 0 Å². The molecule has 0 N–H and O–H groups in total. The van der Waals surface area contributed by atoms with Gasteiger partial charge in [-0.05, 0) is 51.3 Å². The Morgan fingerprint density at radius 2 is 2.07 bits per heavy atom. The second-order valence-electron chi connectivity index (χ2n) is 4.65. The summed E-state index contributed by atoms with van der Waals surface area (Å²) >= 11 is 0. The number of aryl methyl sites for hydroxylation is 1. The van der Waals surface area contributed by atoms with Gasteiger partial charge in [-0.25, -0.2) is 0 Å². The van der Waals surface area contributed by atoms with Crippen LogP contribution in [0.15, 0.2) is 30.3 Å². The molecule has 1 aliphatic rings. The van der Waals surface area contributed by atoms with E-state index < -0.39 is 0 Å². The first kappa shape index (κ1) is 10.7. The second kappa shape index (κ2) is 5.32. The maximum atomic E-state index is 2.52. The van der Waals surface area contributed by atoms with Crippen LogP contribution in [0.4, 0.5) is 0 Å². The number of likely N-dealkylation sites (tertiary alicyclic amines) is 1. The van der Waals surface area contributed by atoms with Crippen LogP contribution in [0.25, 0.3) is 0 Å². The molecule has 1 heteroatoms. The minimum absolute atomic E-state index is 0.855. The van der Waals surface area contributed by atoms with Crippen molar-refractivity contribution in [1.29, 1.82) is 0 Å². The predicted octanol–water partition coefficient (Wildman–Crippen LogP) is 3.10. The third-order valence-electron chi connectivity index (χ3n) is 3.52. The lowest BCUT2D eigenvalue weighted by Gasteiger charge is -2.18. The van der Waals surface area contributed by atoms with Gasteiger partial charge in [0.15, 0.2) is 0 Å². The van der Waals surface area contributed by atoms with Crippen LogP contribution in [0, 0.1) is 0 Å². The molecule has 0 bridgehead atoms. The lowest BCUT2D eigenvalue weighted by Crippen LogP contribution is -2.24. The molecule has 0 amide bonds. The number of hydrogen-bond acceptors (Lipinski definition) is 1. The van der Waals surface area contributed by atoms with Crippen molar-refractivity contribution in [2.24, 2.45) is 0 Å². The zero-order chi connectivity index (χ0) is 10.5. The fourth-order valence-electron chi connectivity index (χ4n) is 2.53. The van der Waals surface area contributed by atoms with E-state index in [1.165, 1.54) is 44.2 Å². The van der Waals surface area contributed by atoms with Gasteiger partial charge in [0.25, 0.3) is 0 Å². The third kappa shape index (κ3) is 3.07. The van der Waals surface area contributed by atoms with Gasteiger partial charge in [0.05, 0.1) is 0 Å². The summed E-state index contributed by atoms with van der Waals surface area (Å²) in [5.74, 6) is 0. The van der Waals surface area contributed by atoms with Crippen LogP contribution in [0.3, 0.4) is 0 Å². The smallest absolute Gasteiger partial charge is 0.00927 e. The molecule has 1 aromatic rings. The normalized spacial score (nSPS) is 22.1. The van der Waals surface area contributed by atoms with Gasteiger partial charge in [-0.15, -0.1) is 0 Å². The molecule has 1 saturated heterocycles. The molecule has 2 rings (SSSR count). The molecule has 0 aliphatic carbocycles. The van der Waals surface area contributed by atoms with Gasteiger partial charge in [0.1, 0.15) is 0 Å². The summed E-state index contributed by atoms with van der Waals surface area (Å²) in [7, 11) is 2.26. The molecule has 15 heavy (non-hydrogen) atoms. The van der Waals surface area contributed by atoms with E-state index in [2.05, 4.69) is 42.3 Å². The minimum atomic E-state index is 0.855. The summed E-state index contributed by atoms with van der Waals surface area (Å²) in [6, 6.07) is 11.7. The Bertz CT molecular complexity index is 281. The minimum Gasteiger partial charge on any atom is -0.303 e. The van der Waals surface area contributed by atoms with Crippen molar-refractivity contribution >= 4 is 0 Å². The highest BCUT2D eigenvalue weighted by atomic mass is 15.1. The van der Waals surface area contributed by atoms with Gasteiger partial charge in [-0.2, -0.15) is 0 Å². The van der Waals surface area contributed by atoms with Crippen LogP contribution in [-0.4, -0.2) is 24.5 Å². The molecular formula is C14H21N. The van der Waals surface area contributed by atoms with E-state index in [9.17, 15) is 0 Å². The molecule has 0 saturated carbocycles. The Morgan fingerprint density at radius 3 is 2.73 bits per heavy atom. The summed E-state index contributed by atoms with van der Waals surface area (Å²) in [5, 5.41) is 0. The summed E-state index contributed by atoms with van der Waals surface area (Å²) in [4.78, 5) is 2.52. The van der Waals surface area contributed by atoms with Crippen molar-refractivity contribution in [1.82, 2.24) is 4.90 Å². The molecule has 1 fully saturated rings. The molecule has 0 aromatic heterocycles. The quantitative estimate of drug-likeness (QED) is 0.727. The summed E-state index contributed by atoms with van der Waals surface area (Å²) in [6.07, 6.45) is 6.74. The standard InChI is InChI=1S/C14H21N/c1-15-12-6-11-14(15)10-5-9-13-7-3-2-4-8-13/h2-4,7-8,14H,5-6,9-12H2,1H3/t14-/m0/s1. The van der Waals surface area contributed by atoms with Gasteiger partial charge in [0, 0.05) is 6.04 Å². The SMILES string of the molecule is CN1CCC[C@@H]1CCCc1ccccc1. The largest absolute Gasteiger partial charge is 0.303 e. The topological polar surface area (TPSA) is 3.24 Å². The average Bonchev–Trinajstić information content (AvgIpc) is 2.66. The van der Waals surface area contributed by atoms with Gasteiger partial charge in [0.2, 0.25) is 0 Å². The number of rotatable bonds is 4. The van der Waals surface area contributed by atoms with E-state index in [-0.39, 0.29) is 0 Å². The Labute approximate surface area is 93.1 Å². The van der Waals surface area contributed by atoms with Crippen molar-refractivity contribution in [3.63, 3.8) is 0 Å². The Morgan fingerprint density at radius 1 is 1.27 bits per heavy atom. The van der Waals surface area contributed by atoms with E-state index in [4.69, 9.17) is 0 Å². The highest BCUT2D eigenvalue weighted by molar-refractivity contribution is 5.14. The van der Waals surface area contributed by atoms with E-state index in [0.29, 0.717) is 0 Å². The highest BCUT2D eigenvalue weighted by Crippen LogP contribution is 2.20. The number of hydrogen-bond donors (Lipinski definition) is 0. The molecule has 1 aromatic carbocycles. The summed E-state index contributed by atoms with van der Waals surface area (Å²) < 4.78 is 0. The summed E-state index contributed by atoms with van der Waals surface area (Å²) in [5.41, 5.74) is 1.48. The Balaban J connectivity index is 1.71. The number of nitrogens with zero attached hydrogens (tertiary/aromatic N) is 1. The zero-order valence-corrected chi connectivity index (χ0v) is 9.65. The monoisotopic (exact) mass is 203 g/mol. The van der Waals surface area contributed by atoms with E-state index in [1.54, 1.807) is 0 Å². The molecule has 82 valence electrons. The lowest BCUT2D eigenvalue weighted by molar-refractivity contribution is 0.292. The summed E-state index contributed by atoms with van der Waals surface area (Å²) in [6.45, 7) is 1.30. The maximum absolute atomic E-state index is 2.52. The third-order valence-corrected chi connectivity index (χ3v) is 3.52. The van der Waals surface area contributed by atoms with Crippen LogP contribution in [0.2, 0.25) is 0 Å². The van der Waals surface area contributed by atoms with Gasteiger partial charge in [-0.3, -0.25) is 0 Å². The fourth-order valence-corrected chi connectivity index (χ4v) is 2.53. The van der Waals surface area contributed by atoms with E-state index in [1.807, 2.05) is 0 Å². The zero-order valence-electron chi connectivity index (χ0n) is 9.65. The Hall–Kier alpha value is -0.820. The van der Waals surface area contributed by atoms with Crippen molar-refractivity contribution in [3.8, 4) is 0 Å².